The van der Waals surface area contributed by atoms with E-state index >= 15 is 0 Å². The molecule has 0 unspecified atom stereocenters. The fraction of sp³-hybridized carbons (Fsp3) is 0.438. The number of halogens is 1. The highest BCUT2D eigenvalue weighted by Crippen LogP contribution is 2.14. The van der Waals surface area contributed by atoms with E-state index in [2.05, 4.69) is 11.8 Å². The van der Waals surface area contributed by atoms with Crippen LogP contribution in [0.5, 0.6) is 0 Å². The van der Waals surface area contributed by atoms with Crippen molar-refractivity contribution in [3.63, 3.8) is 0 Å². The van der Waals surface area contributed by atoms with Crippen LogP contribution in [0, 0.1) is 0 Å². The molecule has 0 aromatic heterocycles. The van der Waals surface area contributed by atoms with Gasteiger partial charge in [-0.3, -0.25) is 4.79 Å². The average molecular weight is 293 g/mol. The zero-order chi connectivity index (χ0) is 14.5. The number of rotatable bonds is 3. The van der Waals surface area contributed by atoms with Crippen molar-refractivity contribution in [3.05, 3.63) is 40.4 Å². The summed E-state index contributed by atoms with van der Waals surface area (Å²) in [6.07, 6.45) is 1.92. The minimum absolute atomic E-state index is 0.135. The summed E-state index contributed by atoms with van der Waals surface area (Å²) in [6, 6.07) is 7.53. The predicted molar refractivity (Wildman–Crippen MR) is 83.8 cm³/mol. The van der Waals surface area contributed by atoms with E-state index in [0.717, 1.165) is 43.9 Å². The number of piperazine rings is 1. The van der Waals surface area contributed by atoms with Crippen molar-refractivity contribution in [3.8, 4) is 0 Å². The van der Waals surface area contributed by atoms with Gasteiger partial charge in [0, 0.05) is 36.8 Å². The molecule has 1 aliphatic heterocycles. The van der Waals surface area contributed by atoms with Crippen LogP contribution in [-0.2, 0) is 4.79 Å². The number of carbonyl (C=O) groups excluding carboxylic acids is 1. The Labute approximate surface area is 125 Å². The second-order valence-electron chi connectivity index (χ2n) is 5.11. The number of hydrogen-bond acceptors (Lipinski definition) is 2. The van der Waals surface area contributed by atoms with E-state index in [9.17, 15) is 4.79 Å². The maximum atomic E-state index is 12.4. The van der Waals surface area contributed by atoms with Crippen molar-refractivity contribution in [2.24, 2.45) is 0 Å². The van der Waals surface area contributed by atoms with Crippen LogP contribution >= 0.6 is 11.6 Å². The van der Waals surface area contributed by atoms with Gasteiger partial charge in [-0.1, -0.05) is 30.7 Å². The smallest absolute Gasteiger partial charge is 0.249 e. The minimum Gasteiger partial charge on any atom is -0.336 e. The normalized spacial score (nSPS) is 17.4. The lowest BCUT2D eigenvalue weighted by Crippen LogP contribution is -2.48. The lowest BCUT2D eigenvalue weighted by molar-refractivity contribution is -0.128. The van der Waals surface area contributed by atoms with Crippen LogP contribution in [0.15, 0.2) is 29.8 Å². The Kier molecular flexibility index (Phi) is 5.21. The van der Waals surface area contributed by atoms with Gasteiger partial charge < -0.3 is 9.80 Å². The zero-order valence-corrected chi connectivity index (χ0v) is 12.9. The van der Waals surface area contributed by atoms with E-state index in [1.165, 1.54) is 0 Å². The van der Waals surface area contributed by atoms with Crippen LogP contribution in [0.4, 0.5) is 0 Å². The van der Waals surface area contributed by atoms with Crippen LogP contribution < -0.4 is 0 Å². The Balaban J connectivity index is 2.00. The summed E-state index contributed by atoms with van der Waals surface area (Å²) >= 11 is 5.86. The molecule has 0 radical (unpaired) electrons. The average Bonchev–Trinajstić information content (AvgIpc) is 2.49. The van der Waals surface area contributed by atoms with Crippen molar-refractivity contribution in [2.75, 3.05) is 32.7 Å². The maximum Gasteiger partial charge on any atom is 0.249 e. The molecule has 0 bridgehead atoms. The lowest BCUT2D eigenvalue weighted by atomic mass is 10.1. The number of carbonyl (C=O) groups is 1. The number of nitrogens with zero attached hydrogens (tertiary/aromatic N) is 2. The van der Waals surface area contributed by atoms with Gasteiger partial charge in [-0.05, 0) is 37.2 Å². The molecule has 3 nitrogen and oxygen atoms in total. The van der Waals surface area contributed by atoms with Crippen molar-refractivity contribution in [2.45, 2.75) is 13.8 Å². The van der Waals surface area contributed by atoms with Gasteiger partial charge in [0.15, 0.2) is 0 Å². The third kappa shape index (κ3) is 3.84. The van der Waals surface area contributed by atoms with Crippen molar-refractivity contribution in [1.29, 1.82) is 0 Å². The summed E-state index contributed by atoms with van der Waals surface area (Å²) in [5, 5.41) is 0.710. The fourth-order valence-corrected chi connectivity index (χ4v) is 2.51. The quantitative estimate of drug-likeness (QED) is 0.800. The Morgan fingerprint density at radius 2 is 1.80 bits per heavy atom. The van der Waals surface area contributed by atoms with Crippen molar-refractivity contribution >= 4 is 23.6 Å². The molecule has 1 aliphatic rings. The highest BCUT2D eigenvalue weighted by Gasteiger charge is 2.20. The molecule has 1 heterocycles. The molecule has 108 valence electrons. The third-order valence-corrected chi connectivity index (χ3v) is 3.95. The van der Waals surface area contributed by atoms with E-state index in [-0.39, 0.29) is 5.91 Å². The first-order chi connectivity index (χ1) is 9.60. The molecule has 0 aliphatic carbocycles. The predicted octanol–water partition coefficient (Wildman–Crippen LogP) is 2.91. The highest BCUT2D eigenvalue weighted by atomic mass is 35.5. The number of likely N-dealkylation sites (N-methyl/N-ethyl adjacent to an activating group) is 1. The van der Waals surface area contributed by atoms with E-state index in [4.69, 9.17) is 11.6 Å². The van der Waals surface area contributed by atoms with Crippen LogP contribution in [0.3, 0.4) is 0 Å². The monoisotopic (exact) mass is 292 g/mol. The van der Waals surface area contributed by atoms with Gasteiger partial charge in [-0.2, -0.15) is 0 Å². The van der Waals surface area contributed by atoms with Gasteiger partial charge in [-0.25, -0.2) is 0 Å². The van der Waals surface area contributed by atoms with Crippen molar-refractivity contribution < 1.29 is 4.79 Å². The summed E-state index contributed by atoms with van der Waals surface area (Å²) in [4.78, 5) is 16.7. The molecule has 0 spiro atoms. The largest absolute Gasteiger partial charge is 0.336 e. The first kappa shape index (κ1) is 15.1. The molecule has 0 atom stereocenters. The molecular weight excluding hydrogens is 272 g/mol. The van der Waals surface area contributed by atoms with E-state index in [1.54, 1.807) is 0 Å². The summed E-state index contributed by atoms with van der Waals surface area (Å²) in [6.45, 7) is 8.66. The molecular formula is C16H21ClN2O. The van der Waals surface area contributed by atoms with Gasteiger partial charge >= 0.3 is 0 Å². The van der Waals surface area contributed by atoms with Gasteiger partial charge in [0.25, 0.3) is 0 Å². The SMILES string of the molecule is CCN1CCN(C(=O)/C(C)=C/c2ccc(Cl)cc2)CC1. The molecule has 2 rings (SSSR count). The van der Waals surface area contributed by atoms with E-state index in [1.807, 2.05) is 42.2 Å². The van der Waals surface area contributed by atoms with Gasteiger partial charge in [0.2, 0.25) is 5.91 Å². The molecule has 4 heteroatoms. The van der Waals surface area contributed by atoms with Crippen LogP contribution in [-0.4, -0.2) is 48.4 Å². The van der Waals surface area contributed by atoms with E-state index < -0.39 is 0 Å². The Bertz CT molecular complexity index is 488. The van der Waals surface area contributed by atoms with Gasteiger partial charge in [0.1, 0.15) is 0 Å². The molecule has 1 saturated heterocycles. The standard InChI is InChI=1S/C16H21ClN2O/c1-3-18-8-10-19(11-9-18)16(20)13(2)12-14-4-6-15(17)7-5-14/h4-7,12H,3,8-11H2,1-2H3/b13-12+. The minimum atomic E-state index is 0.135. The Morgan fingerprint density at radius 1 is 1.20 bits per heavy atom. The van der Waals surface area contributed by atoms with Crippen LogP contribution in [0.25, 0.3) is 6.08 Å². The third-order valence-electron chi connectivity index (χ3n) is 3.70. The first-order valence-electron chi connectivity index (χ1n) is 7.05. The number of benzene rings is 1. The summed E-state index contributed by atoms with van der Waals surface area (Å²) in [7, 11) is 0. The second-order valence-corrected chi connectivity index (χ2v) is 5.54. The number of hydrogen-bond donors (Lipinski definition) is 0. The van der Waals surface area contributed by atoms with Gasteiger partial charge in [-0.15, -0.1) is 0 Å². The molecule has 0 N–H and O–H groups in total. The topological polar surface area (TPSA) is 23.6 Å². The maximum absolute atomic E-state index is 12.4. The Morgan fingerprint density at radius 3 is 2.35 bits per heavy atom. The Hall–Kier alpha value is -1.32. The molecule has 20 heavy (non-hydrogen) atoms. The molecule has 1 amide bonds. The lowest BCUT2D eigenvalue weighted by Gasteiger charge is -2.34. The molecule has 1 aromatic carbocycles. The summed E-state index contributed by atoms with van der Waals surface area (Å²) < 4.78 is 0. The molecule has 1 aromatic rings. The summed E-state index contributed by atoms with van der Waals surface area (Å²) in [5.41, 5.74) is 1.78. The highest BCUT2D eigenvalue weighted by molar-refractivity contribution is 6.30. The zero-order valence-electron chi connectivity index (χ0n) is 12.1. The van der Waals surface area contributed by atoms with E-state index in [0.29, 0.717) is 5.02 Å². The fourth-order valence-electron chi connectivity index (χ4n) is 2.39. The first-order valence-corrected chi connectivity index (χ1v) is 7.43. The second kappa shape index (κ2) is 6.91. The number of amides is 1. The van der Waals surface area contributed by atoms with Crippen LogP contribution in [0.2, 0.25) is 5.02 Å². The summed E-state index contributed by atoms with van der Waals surface area (Å²) in [5.74, 6) is 0.135. The van der Waals surface area contributed by atoms with Crippen molar-refractivity contribution in [1.82, 2.24) is 9.80 Å². The van der Waals surface area contributed by atoms with Crippen LogP contribution in [0.1, 0.15) is 19.4 Å². The molecule has 1 fully saturated rings. The van der Waals surface area contributed by atoms with Gasteiger partial charge in [0.05, 0.1) is 0 Å². The molecule has 0 saturated carbocycles.